The highest BCUT2D eigenvalue weighted by atomic mass is 15.1. The number of aromatic nitrogens is 3. The first-order valence-corrected chi connectivity index (χ1v) is 18.1. The topological polar surface area (TPSA) is 41.9 Å². The van der Waals surface area contributed by atoms with Gasteiger partial charge in [-0.15, -0.1) is 0 Å². The lowest BCUT2D eigenvalue weighted by atomic mass is 9.82. The van der Waals surface area contributed by atoms with E-state index in [1.807, 2.05) is 60.7 Å². The largest absolute Gasteiger partial charge is 0.344 e. The van der Waals surface area contributed by atoms with Gasteiger partial charge in [0.1, 0.15) is 0 Å². The van der Waals surface area contributed by atoms with Gasteiger partial charge in [-0.1, -0.05) is 166 Å². The van der Waals surface area contributed by atoms with Crippen LogP contribution in [-0.2, 0) is 5.41 Å². The minimum absolute atomic E-state index is 0.0260. The summed E-state index contributed by atoms with van der Waals surface area (Å²) in [6.45, 7) is 4.66. The van der Waals surface area contributed by atoms with Crippen LogP contribution in [-0.4, -0.2) is 22.0 Å². The predicted molar refractivity (Wildman–Crippen MR) is 219 cm³/mol. The first-order chi connectivity index (χ1) is 26.0. The summed E-state index contributed by atoms with van der Waals surface area (Å²) in [5.74, 6) is 1.93. The average molecular weight is 683 g/mol. The number of nitrogens with zero attached hydrogens (tertiary/aromatic N) is 4. The molecule has 1 heterocycles. The fourth-order valence-electron chi connectivity index (χ4n) is 7.80. The number of benzene rings is 7. The van der Waals surface area contributed by atoms with E-state index >= 15 is 0 Å². The SMILES string of the molecule is CN(c1ccccc1-c1cccc(-c2nc(-c3ccccc3)nc(-c3ccccc3)n2)c1)c1ccccc1-c1ccc2c(c1)-c1ccccc1C2(C)C. The molecule has 1 aromatic heterocycles. The van der Waals surface area contributed by atoms with Crippen molar-refractivity contribution >= 4 is 11.4 Å². The van der Waals surface area contributed by atoms with Crippen molar-refractivity contribution in [3.8, 4) is 67.5 Å². The van der Waals surface area contributed by atoms with E-state index in [0.29, 0.717) is 17.5 Å². The fourth-order valence-corrected chi connectivity index (χ4v) is 7.80. The molecule has 0 amide bonds. The van der Waals surface area contributed by atoms with Crippen LogP contribution < -0.4 is 4.90 Å². The molecular formula is C49H38N4. The van der Waals surface area contributed by atoms with Gasteiger partial charge in [-0.3, -0.25) is 0 Å². The number of rotatable bonds is 7. The van der Waals surface area contributed by atoms with E-state index in [1.165, 1.54) is 33.4 Å². The molecule has 53 heavy (non-hydrogen) atoms. The molecule has 8 aromatic rings. The number of fused-ring (bicyclic) bond motifs is 3. The van der Waals surface area contributed by atoms with Crippen LogP contribution >= 0.6 is 0 Å². The Morgan fingerprint density at radius 3 is 1.40 bits per heavy atom. The number of hydrogen-bond donors (Lipinski definition) is 0. The van der Waals surface area contributed by atoms with Crippen LogP contribution in [0.2, 0.25) is 0 Å². The molecular weight excluding hydrogens is 645 g/mol. The van der Waals surface area contributed by atoms with Crippen molar-refractivity contribution in [2.24, 2.45) is 0 Å². The summed E-state index contributed by atoms with van der Waals surface area (Å²) in [5, 5.41) is 0. The molecule has 0 bridgehead atoms. The average Bonchev–Trinajstić information content (AvgIpc) is 3.46. The predicted octanol–water partition coefficient (Wildman–Crippen LogP) is 12.3. The Bertz CT molecular complexity index is 2550. The summed E-state index contributed by atoms with van der Waals surface area (Å²) in [6.07, 6.45) is 0. The van der Waals surface area contributed by atoms with E-state index in [9.17, 15) is 0 Å². The highest BCUT2D eigenvalue weighted by Gasteiger charge is 2.35. The van der Waals surface area contributed by atoms with Gasteiger partial charge < -0.3 is 4.90 Å². The maximum atomic E-state index is 5.00. The van der Waals surface area contributed by atoms with Crippen LogP contribution in [0.4, 0.5) is 11.4 Å². The summed E-state index contributed by atoms with van der Waals surface area (Å²) in [4.78, 5) is 17.2. The summed E-state index contributed by atoms with van der Waals surface area (Å²) in [5.41, 5.74) is 15.1. The highest BCUT2D eigenvalue weighted by molar-refractivity contribution is 5.91. The maximum Gasteiger partial charge on any atom is 0.164 e. The number of anilines is 2. The zero-order valence-corrected chi connectivity index (χ0v) is 30.0. The smallest absolute Gasteiger partial charge is 0.164 e. The molecule has 0 atom stereocenters. The molecule has 1 aliphatic rings. The molecule has 254 valence electrons. The first-order valence-electron chi connectivity index (χ1n) is 18.1. The van der Waals surface area contributed by atoms with Crippen molar-refractivity contribution < 1.29 is 0 Å². The third kappa shape index (κ3) is 5.79. The van der Waals surface area contributed by atoms with Gasteiger partial charge in [0, 0.05) is 51.7 Å². The molecule has 0 fully saturated rings. The lowest BCUT2D eigenvalue weighted by Gasteiger charge is -2.26. The highest BCUT2D eigenvalue weighted by Crippen LogP contribution is 2.50. The normalized spacial score (nSPS) is 12.6. The van der Waals surface area contributed by atoms with Crippen LogP contribution in [0.3, 0.4) is 0 Å². The van der Waals surface area contributed by atoms with Crippen LogP contribution in [0.15, 0.2) is 176 Å². The molecule has 0 spiro atoms. The molecule has 0 aliphatic heterocycles. The first kappa shape index (κ1) is 32.3. The van der Waals surface area contributed by atoms with Crippen molar-refractivity contribution in [1.82, 2.24) is 15.0 Å². The van der Waals surface area contributed by atoms with Crippen LogP contribution in [0, 0.1) is 0 Å². The monoisotopic (exact) mass is 682 g/mol. The van der Waals surface area contributed by atoms with Gasteiger partial charge in [-0.2, -0.15) is 0 Å². The number of hydrogen-bond acceptors (Lipinski definition) is 4. The second kappa shape index (κ2) is 13.2. The second-order valence-electron chi connectivity index (χ2n) is 14.1. The second-order valence-corrected chi connectivity index (χ2v) is 14.1. The van der Waals surface area contributed by atoms with Crippen molar-refractivity contribution in [2.75, 3.05) is 11.9 Å². The van der Waals surface area contributed by atoms with E-state index < -0.39 is 0 Å². The van der Waals surface area contributed by atoms with Crippen LogP contribution in [0.1, 0.15) is 25.0 Å². The molecule has 7 aromatic carbocycles. The fraction of sp³-hybridized carbons (Fsp3) is 0.0816. The van der Waals surface area contributed by atoms with Gasteiger partial charge in [0.25, 0.3) is 0 Å². The van der Waals surface area contributed by atoms with E-state index in [-0.39, 0.29) is 5.41 Å². The van der Waals surface area contributed by atoms with Crippen molar-refractivity contribution in [3.63, 3.8) is 0 Å². The minimum atomic E-state index is -0.0260. The zero-order valence-electron chi connectivity index (χ0n) is 30.0. The molecule has 0 N–H and O–H groups in total. The third-order valence-corrected chi connectivity index (χ3v) is 10.6. The molecule has 0 radical (unpaired) electrons. The van der Waals surface area contributed by atoms with Crippen LogP contribution in [0.5, 0.6) is 0 Å². The van der Waals surface area contributed by atoms with Crippen LogP contribution in [0.25, 0.3) is 67.5 Å². The molecule has 9 rings (SSSR count). The Hall–Kier alpha value is -6.65. The van der Waals surface area contributed by atoms with Gasteiger partial charge >= 0.3 is 0 Å². The Balaban J connectivity index is 1.11. The van der Waals surface area contributed by atoms with E-state index in [2.05, 4.69) is 141 Å². The molecule has 4 heteroatoms. The van der Waals surface area contributed by atoms with Gasteiger partial charge in [-0.05, 0) is 57.6 Å². The van der Waals surface area contributed by atoms with E-state index in [0.717, 1.165) is 39.2 Å². The van der Waals surface area contributed by atoms with Crippen molar-refractivity contribution in [2.45, 2.75) is 19.3 Å². The van der Waals surface area contributed by atoms with Gasteiger partial charge in [0.2, 0.25) is 0 Å². The standard InChI is InChI=1S/C49H38N4/c1-49(2)42-26-13-10-25-40(42)41-32-36(29-30-43(41)49)39-24-12-15-28-45(39)53(3)44-27-14-11-23-38(44)35-21-16-22-37(31-35)48-51-46(33-17-6-4-7-18-33)50-47(52-48)34-19-8-5-9-20-34/h4-32H,1-3H3. The van der Waals surface area contributed by atoms with Crippen molar-refractivity contribution in [3.05, 3.63) is 187 Å². The Morgan fingerprint density at radius 2 is 0.792 bits per heavy atom. The molecule has 0 saturated heterocycles. The Kier molecular flexibility index (Phi) is 8.01. The van der Waals surface area contributed by atoms with E-state index in [1.54, 1.807) is 0 Å². The minimum Gasteiger partial charge on any atom is -0.344 e. The summed E-state index contributed by atoms with van der Waals surface area (Å²) in [7, 11) is 2.16. The zero-order chi connectivity index (χ0) is 35.9. The van der Waals surface area contributed by atoms with Crippen molar-refractivity contribution in [1.29, 1.82) is 0 Å². The molecule has 4 nitrogen and oxygen atoms in total. The Labute approximate surface area is 311 Å². The molecule has 0 saturated carbocycles. The lowest BCUT2D eigenvalue weighted by Crippen LogP contribution is -2.14. The lowest BCUT2D eigenvalue weighted by molar-refractivity contribution is 0.660. The Morgan fingerprint density at radius 1 is 0.358 bits per heavy atom. The van der Waals surface area contributed by atoms with Gasteiger partial charge in [0.05, 0.1) is 0 Å². The van der Waals surface area contributed by atoms with Gasteiger partial charge in [0.15, 0.2) is 17.5 Å². The molecule has 0 unspecified atom stereocenters. The summed E-state index contributed by atoms with van der Waals surface area (Å²) in [6, 6.07) is 61.9. The summed E-state index contributed by atoms with van der Waals surface area (Å²) >= 11 is 0. The quantitative estimate of drug-likeness (QED) is 0.168. The number of para-hydroxylation sites is 2. The van der Waals surface area contributed by atoms with E-state index in [4.69, 9.17) is 15.0 Å². The third-order valence-electron chi connectivity index (χ3n) is 10.6. The molecule has 1 aliphatic carbocycles. The summed E-state index contributed by atoms with van der Waals surface area (Å²) < 4.78 is 0. The van der Waals surface area contributed by atoms with Gasteiger partial charge in [-0.25, -0.2) is 15.0 Å². The maximum absolute atomic E-state index is 5.00.